The van der Waals surface area contributed by atoms with Crippen LogP contribution in [0.15, 0.2) is 24.4 Å². The van der Waals surface area contributed by atoms with E-state index >= 15 is 0 Å². The largest absolute Gasteiger partial charge is 0.376 e. The second kappa shape index (κ2) is 8.08. The molecule has 1 aliphatic rings. The summed E-state index contributed by atoms with van der Waals surface area (Å²) in [4.78, 5) is 17.2. The quantitative estimate of drug-likeness (QED) is 0.689. The average molecular weight is 417 g/mol. The molecule has 29 heavy (non-hydrogen) atoms. The van der Waals surface area contributed by atoms with E-state index in [9.17, 15) is 9.18 Å². The normalized spacial score (nSPS) is 16.5. The van der Waals surface area contributed by atoms with Gasteiger partial charge in [0.05, 0.1) is 12.3 Å². The molecular formula is C21H22ClFN4O2. The van der Waals surface area contributed by atoms with E-state index in [0.717, 1.165) is 30.7 Å². The molecule has 0 saturated carbocycles. The minimum absolute atomic E-state index is 0.0642. The van der Waals surface area contributed by atoms with Crippen LogP contribution in [0.25, 0.3) is 5.65 Å². The Morgan fingerprint density at radius 2 is 2.21 bits per heavy atom. The van der Waals surface area contributed by atoms with Crippen molar-refractivity contribution < 1.29 is 13.9 Å². The number of carbonyl (C=O) groups is 1. The van der Waals surface area contributed by atoms with Crippen molar-refractivity contribution in [3.05, 3.63) is 63.3 Å². The molecular weight excluding hydrogens is 395 g/mol. The number of nitrogens with zero attached hydrogens (tertiary/aromatic N) is 3. The number of hydrogen-bond acceptors (Lipinski definition) is 4. The molecule has 1 aromatic carbocycles. The minimum atomic E-state index is -0.355. The fraction of sp³-hybridized carbons (Fsp3) is 0.381. The summed E-state index contributed by atoms with van der Waals surface area (Å²) >= 11 is 6.19. The first kappa shape index (κ1) is 19.8. The zero-order valence-electron chi connectivity index (χ0n) is 16.3. The summed E-state index contributed by atoms with van der Waals surface area (Å²) in [5.41, 5.74) is 3.65. The minimum Gasteiger partial charge on any atom is -0.376 e. The van der Waals surface area contributed by atoms with Gasteiger partial charge in [0.25, 0.3) is 5.91 Å². The van der Waals surface area contributed by atoms with Crippen LogP contribution < -0.4 is 5.32 Å². The fourth-order valence-electron chi connectivity index (χ4n) is 3.71. The predicted molar refractivity (Wildman–Crippen MR) is 108 cm³/mol. The van der Waals surface area contributed by atoms with E-state index in [-0.39, 0.29) is 17.8 Å². The Kier molecular flexibility index (Phi) is 5.52. The molecule has 3 aromatic rings. The monoisotopic (exact) mass is 416 g/mol. The lowest BCUT2D eigenvalue weighted by Crippen LogP contribution is -2.31. The Morgan fingerprint density at radius 3 is 2.93 bits per heavy atom. The molecule has 0 spiro atoms. The molecule has 1 amide bonds. The van der Waals surface area contributed by atoms with Gasteiger partial charge in [-0.2, -0.15) is 5.10 Å². The predicted octanol–water partition coefficient (Wildman–Crippen LogP) is 3.64. The first-order chi connectivity index (χ1) is 14.0. The van der Waals surface area contributed by atoms with Gasteiger partial charge in [0.1, 0.15) is 11.4 Å². The first-order valence-electron chi connectivity index (χ1n) is 9.62. The van der Waals surface area contributed by atoms with Gasteiger partial charge in [0, 0.05) is 41.5 Å². The number of aromatic nitrogens is 3. The number of carbonyl (C=O) groups excluding carboxylic acids is 1. The van der Waals surface area contributed by atoms with Gasteiger partial charge >= 0.3 is 0 Å². The van der Waals surface area contributed by atoms with E-state index in [1.165, 1.54) is 12.3 Å². The van der Waals surface area contributed by atoms with Gasteiger partial charge in [-0.05, 0) is 44.4 Å². The number of aryl methyl sites for hydroxylation is 2. The van der Waals surface area contributed by atoms with Crippen LogP contribution in [0.2, 0.25) is 5.02 Å². The highest BCUT2D eigenvalue weighted by Gasteiger charge is 2.21. The van der Waals surface area contributed by atoms with E-state index < -0.39 is 0 Å². The van der Waals surface area contributed by atoms with Gasteiger partial charge in [0.2, 0.25) is 0 Å². The molecule has 8 heteroatoms. The van der Waals surface area contributed by atoms with Crippen molar-refractivity contribution in [2.24, 2.45) is 0 Å². The van der Waals surface area contributed by atoms with Crippen LogP contribution in [0, 0.1) is 19.7 Å². The molecule has 1 N–H and O–H groups in total. The molecule has 0 aliphatic carbocycles. The van der Waals surface area contributed by atoms with Crippen LogP contribution in [0.3, 0.4) is 0 Å². The van der Waals surface area contributed by atoms with Gasteiger partial charge < -0.3 is 10.1 Å². The van der Waals surface area contributed by atoms with E-state index in [4.69, 9.17) is 16.3 Å². The van der Waals surface area contributed by atoms with Gasteiger partial charge in [0.15, 0.2) is 5.65 Å². The number of nitrogens with one attached hydrogen (secondary N) is 1. The molecule has 1 aliphatic heterocycles. The van der Waals surface area contributed by atoms with Crippen molar-refractivity contribution in [3.63, 3.8) is 0 Å². The second-order valence-corrected chi connectivity index (χ2v) is 7.68. The maximum Gasteiger partial charge on any atom is 0.256 e. The Bertz CT molecular complexity index is 1060. The Labute approximate surface area is 173 Å². The first-order valence-corrected chi connectivity index (χ1v) is 10.00. The van der Waals surface area contributed by atoms with E-state index in [1.54, 1.807) is 16.6 Å². The lowest BCUT2D eigenvalue weighted by atomic mass is 10.0. The number of fused-ring (bicyclic) bond motifs is 1. The van der Waals surface area contributed by atoms with E-state index in [2.05, 4.69) is 15.4 Å². The third-order valence-corrected chi connectivity index (χ3v) is 5.74. The second-order valence-electron chi connectivity index (χ2n) is 7.28. The lowest BCUT2D eigenvalue weighted by Gasteiger charge is -2.13. The topological polar surface area (TPSA) is 68.5 Å². The fourth-order valence-corrected chi connectivity index (χ4v) is 3.94. The summed E-state index contributed by atoms with van der Waals surface area (Å²) in [5.74, 6) is -0.585. The summed E-state index contributed by atoms with van der Waals surface area (Å²) in [7, 11) is 0. The highest BCUT2D eigenvalue weighted by atomic mass is 35.5. The summed E-state index contributed by atoms with van der Waals surface area (Å²) in [6, 6.07) is 4.64. The van der Waals surface area contributed by atoms with Crippen molar-refractivity contribution in [1.29, 1.82) is 0 Å². The highest BCUT2D eigenvalue weighted by molar-refractivity contribution is 6.31. The van der Waals surface area contributed by atoms with Crippen LogP contribution in [0.4, 0.5) is 4.39 Å². The molecule has 6 nitrogen and oxygen atoms in total. The number of benzene rings is 1. The Balaban J connectivity index is 1.63. The molecule has 1 saturated heterocycles. The van der Waals surface area contributed by atoms with Gasteiger partial charge in [-0.15, -0.1) is 0 Å². The summed E-state index contributed by atoms with van der Waals surface area (Å²) < 4.78 is 21.4. The maximum atomic E-state index is 14.2. The summed E-state index contributed by atoms with van der Waals surface area (Å²) in [5, 5.41) is 7.62. The highest BCUT2D eigenvalue weighted by Crippen LogP contribution is 2.26. The molecule has 4 rings (SSSR count). The van der Waals surface area contributed by atoms with Crippen LogP contribution >= 0.6 is 11.6 Å². The molecule has 0 bridgehead atoms. The smallest absolute Gasteiger partial charge is 0.256 e. The standard InChI is InChI=1S/C21H22ClFN4O2/c1-12-15(9-16-18(22)6-3-7-19(16)23)13(2)27-20(26-12)17(11-25-27)21(28)24-10-14-5-4-8-29-14/h3,6-7,11,14H,4-5,8-10H2,1-2H3,(H,24,28)/t14-/m0/s1. The van der Waals surface area contributed by atoms with Gasteiger partial charge in [-0.3, -0.25) is 4.79 Å². The van der Waals surface area contributed by atoms with Crippen molar-refractivity contribution in [2.75, 3.05) is 13.2 Å². The number of rotatable bonds is 5. The zero-order chi connectivity index (χ0) is 20.5. The van der Waals surface area contributed by atoms with Crippen LogP contribution in [-0.4, -0.2) is 39.8 Å². The number of ether oxygens (including phenoxy) is 1. The molecule has 1 fully saturated rings. The van der Waals surface area contributed by atoms with Crippen molar-refractivity contribution in [2.45, 2.75) is 39.2 Å². The van der Waals surface area contributed by atoms with E-state index in [1.807, 2.05) is 13.8 Å². The number of halogens is 2. The van der Waals surface area contributed by atoms with Gasteiger partial charge in [-0.25, -0.2) is 13.9 Å². The molecule has 3 heterocycles. The van der Waals surface area contributed by atoms with Crippen molar-refractivity contribution >= 4 is 23.2 Å². The molecule has 0 unspecified atom stereocenters. The Hall–Kier alpha value is -2.51. The SMILES string of the molecule is Cc1nc2c(C(=O)NC[C@@H]3CCCO3)cnn2c(C)c1Cc1c(F)cccc1Cl. The molecule has 1 atom stereocenters. The van der Waals surface area contributed by atoms with Crippen LogP contribution in [0.1, 0.15) is 45.7 Å². The average Bonchev–Trinajstić information content (AvgIpc) is 3.35. The van der Waals surface area contributed by atoms with Crippen LogP contribution in [-0.2, 0) is 11.2 Å². The van der Waals surface area contributed by atoms with Crippen molar-refractivity contribution in [1.82, 2.24) is 19.9 Å². The Morgan fingerprint density at radius 1 is 1.38 bits per heavy atom. The lowest BCUT2D eigenvalue weighted by molar-refractivity contribution is 0.0859. The summed E-state index contributed by atoms with van der Waals surface area (Å²) in [6.07, 6.45) is 3.85. The van der Waals surface area contributed by atoms with Crippen molar-refractivity contribution in [3.8, 4) is 0 Å². The number of amides is 1. The molecule has 0 radical (unpaired) electrons. The zero-order valence-corrected chi connectivity index (χ0v) is 17.1. The van der Waals surface area contributed by atoms with E-state index in [0.29, 0.717) is 40.5 Å². The van der Waals surface area contributed by atoms with Gasteiger partial charge in [-0.1, -0.05) is 17.7 Å². The third kappa shape index (κ3) is 3.84. The third-order valence-electron chi connectivity index (χ3n) is 5.38. The maximum absolute atomic E-state index is 14.2. The number of hydrogen-bond donors (Lipinski definition) is 1. The summed E-state index contributed by atoms with van der Waals surface area (Å²) in [6.45, 7) is 4.94. The molecule has 2 aromatic heterocycles. The van der Waals surface area contributed by atoms with Crippen LogP contribution in [0.5, 0.6) is 0 Å². The molecule has 152 valence electrons.